The van der Waals surface area contributed by atoms with Crippen LogP contribution in [0.25, 0.3) is 0 Å². The van der Waals surface area contributed by atoms with Gasteiger partial charge >= 0.3 is 0 Å². The lowest BCUT2D eigenvalue weighted by molar-refractivity contribution is -0.133. The summed E-state index contributed by atoms with van der Waals surface area (Å²) in [7, 11) is 0. The van der Waals surface area contributed by atoms with Gasteiger partial charge in [-0.2, -0.15) is 0 Å². The van der Waals surface area contributed by atoms with E-state index in [1.54, 1.807) is 23.5 Å². The fourth-order valence-corrected chi connectivity index (χ4v) is 3.63. The van der Waals surface area contributed by atoms with Crippen molar-refractivity contribution in [2.75, 3.05) is 26.2 Å². The first-order valence-electron chi connectivity index (χ1n) is 9.12. The monoisotopic (exact) mass is 346 g/mol. The van der Waals surface area contributed by atoms with Crippen molar-refractivity contribution in [2.45, 2.75) is 44.6 Å². The molecular weight excluding hydrogens is 320 g/mol. The van der Waals surface area contributed by atoms with E-state index in [2.05, 4.69) is 9.97 Å². The molecule has 136 valence electrons. The van der Waals surface area contributed by atoms with Gasteiger partial charge in [-0.1, -0.05) is 6.42 Å². The van der Waals surface area contributed by atoms with Gasteiger partial charge in [-0.15, -0.1) is 0 Å². The van der Waals surface area contributed by atoms with E-state index in [4.69, 9.17) is 0 Å². The Bertz CT molecular complexity index is 595. The molecule has 1 aromatic heterocycles. The number of β-amino-alcohol motifs (C(OH)–C–C–N with tert-alkyl or cyclic N) is 1. The summed E-state index contributed by atoms with van der Waals surface area (Å²) in [4.78, 5) is 36.3. The summed E-state index contributed by atoms with van der Waals surface area (Å²) in [6.07, 6.45) is 9.00. The molecule has 2 amide bonds. The molecule has 0 saturated carbocycles. The fraction of sp³-hybridized carbons (Fsp3) is 0.667. The number of nitrogens with zero attached hydrogens (tertiary/aromatic N) is 4. The molecule has 3 rings (SSSR count). The molecular formula is C18H26N4O3. The zero-order valence-corrected chi connectivity index (χ0v) is 14.5. The molecule has 0 spiro atoms. The van der Waals surface area contributed by atoms with E-state index in [1.165, 1.54) is 0 Å². The lowest BCUT2D eigenvalue weighted by Gasteiger charge is -2.22. The molecule has 7 nitrogen and oxygen atoms in total. The van der Waals surface area contributed by atoms with Gasteiger partial charge in [0, 0.05) is 63.5 Å². The lowest BCUT2D eigenvalue weighted by Crippen LogP contribution is -2.36. The Labute approximate surface area is 148 Å². The van der Waals surface area contributed by atoms with Crippen molar-refractivity contribution in [1.29, 1.82) is 0 Å². The average molecular weight is 346 g/mol. The van der Waals surface area contributed by atoms with Gasteiger partial charge in [0.25, 0.3) is 0 Å². The topological polar surface area (TPSA) is 86.6 Å². The Kier molecular flexibility index (Phi) is 5.96. The third kappa shape index (κ3) is 4.75. The van der Waals surface area contributed by atoms with Gasteiger partial charge in [-0.05, 0) is 19.3 Å². The van der Waals surface area contributed by atoms with Crippen LogP contribution in [-0.2, 0) is 16.0 Å². The van der Waals surface area contributed by atoms with Crippen LogP contribution in [-0.4, -0.2) is 69.0 Å². The summed E-state index contributed by atoms with van der Waals surface area (Å²) in [6.45, 7) is 2.13. The molecule has 7 heteroatoms. The van der Waals surface area contributed by atoms with Crippen LogP contribution >= 0.6 is 0 Å². The highest BCUT2D eigenvalue weighted by molar-refractivity contribution is 5.79. The van der Waals surface area contributed by atoms with E-state index in [1.807, 2.05) is 4.90 Å². The second kappa shape index (κ2) is 8.38. The minimum absolute atomic E-state index is 0.0118. The SMILES string of the molecule is O=C1CCCCCN1CCC(=O)N1C[C@@H](Cc2cnccn2)[C@H](O)C1. The number of carbonyl (C=O) groups is 2. The van der Waals surface area contributed by atoms with Crippen LogP contribution in [0.15, 0.2) is 18.6 Å². The Morgan fingerprint density at radius 1 is 1.24 bits per heavy atom. The highest BCUT2D eigenvalue weighted by Gasteiger charge is 2.34. The van der Waals surface area contributed by atoms with E-state index in [0.29, 0.717) is 38.9 Å². The van der Waals surface area contributed by atoms with E-state index in [9.17, 15) is 14.7 Å². The van der Waals surface area contributed by atoms with Gasteiger partial charge in [-0.25, -0.2) is 0 Å². The number of aromatic nitrogens is 2. The highest BCUT2D eigenvalue weighted by Crippen LogP contribution is 2.21. The van der Waals surface area contributed by atoms with Gasteiger partial charge < -0.3 is 14.9 Å². The molecule has 0 unspecified atom stereocenters. The van der Waals surface area contributed by atoms with Gasteiger partial charge in [0.05, 0.1) is 11.8 Å². The second-order valence-corrected chi connectivity index (χ2v) is 6.97. The van der Waals surface area contributed by atoms with Gasteiger partial charge in [0.2, 0.25) is 11.8 Å². The minimum atomic E-state index is -0.536. The summed E-state index contributed by atoms with van der Waals surface area (Å²) in [5, 5.41) is 10.3. The van der Waals surface area contributed by atoms with Crippen LogP contribution in [0.4, 0.5) is 0 Å². The number of likely N-dealkylation sites (tertiary alicyclic amines) is 2. The van der Waals surface area contributed by atoms with Crippen LogP contribution in [0, 0.1) is 5.92 Å². The van der Waals surface area contributed by atoms with E-state index < -0.39 is 6.10 Å². The summed E-state index contributed by atoms with van der Waals surface area (Å²) in [5.74, 6) is 0.158. The molecule has 2 saturated heterocycles. The quantitative estimate of drug-likeness (QED) is 0.845. The first-order valence-corrected chi connectivity index (χ1v) is 9.12. The van der Waals surface area contributed by atoms with Crippen molar-refractivity contribution in [3.05, 3.63) is 24.3 Å². The summed E-state index contributed by atoms with van der Waals surface area (Å²) in [6, 6.07) is 0. The summed E-state index contributed by atoms with van der Waals surface area (Å²) < 4.78 is 0. The maximum atomic E-state index is 12.5. The molecule has 1 N–H and O–H groups in total. The Hall–Kier alpha value is -2.02. The molecule has 0 aromatic carbocycles. The number of aliphatic hydroxyl groups is 1. The lowest BCUT2D eigenvalue weighted by atomic mass is 10.0. The van der Waals surface area contributed by atoms with Crippen molar-refractivity contribution >= 4 is 11.8 Å². The van der Waals surface area contributed by atoms with Crippen molar-refractivity contribution in [1.82, 2.24) is 19.8 Å². The number of rotatable bonds is 5. The zero-order valence-electron chi connectivity index (χ0n) is 14.5. The summed E-state index contributed by atoms with van der Waals surface area (Å²) in [5.41, 5.74) is 0.830. The van der Waals surface area contributed by atoms with Gasteiger partial charge in [0.1, 0.15) is 0 Å². The van der Waals surface area contributed by atoms with Crippen LogP contribution in [0.2, 0.25) is 0 Å². The van der Waals surface area contributed by atoms with Crippen LogP contribution in [0.3, 0.4) is 0 Å². The van der Waals surface area contributed by atoms with Crippen molar-refractivity contribution in [2.24, 2.45) is 5.92 Å². The average Bonchev–Trinajstić information content (AvgIpc) is 2.85. The van der Waals surface area contributed by atoms with E-state index in [0.717, 1.165) is 31.5 Å². The molecule has 2 aliphatic rings. The number of hydrogen-bond donors (Lipinski definition) is 1. The van der Waals surface area contributed by atoms with E-state index in [-0.39, 0.29) is 17.7 Å². The van der Waals surface area contributed by atoms with Gasteiger partial charge in [0.15, 0.2) is 0 Å². The van der Waals surface area contributed by atoms with Crippen LogP contribution in [0.1, 0.15) is 37.8 Å². The minimum Gasteiger partial charge on any atom is -0.391 e. The zero-order chi connectivity index (χ0) is 17.6. The number of amides is 2. The van der Waals surface area contributed by atoms with Crippen LogP contribution < -0.4 is 0 Å². The molecule has 25 heavy (non-hydrogen) atoms. The predicted octanol–water partition coefficient (Wildman–Crippen LogP) is 0.631. The smallest absolute Gasteiger partial charge is 0.224 e. The van der Waals surface area contributed by atoms with Crippen molar-refractivity contribution < 1.29 is 14.7 Å². The maximum Gasteiger partial charge on any atom is 0.224 e. The normalized spacial score (nSPS) is 24.4. The molecule has 0 bridgehead atoms. The number of aliphatic hydroxyl groups excluding tert-OH is 1. The predicted molar refractivity (Wildman–Crippen MR) is 91.5 cm³/mol. The number of carbonyl (C=O) groups excluding carboxylic acids is 2. The Morgan fingerprint density at radius 3 is 2.92 bits per heavy atom. The summed E-state index contributed by atoms with van der Waals surface area (Å²) >= 11 is 0. The molecule has 2 aliphatic heterocycles. The van der Waals surface area contributed by atoms with Crippen molar-refractivity contribution in [3.63, 3.8) is 0 Å². The molecule has 0 aliphatic carbocycles. The molecule has 0 radical (unpaired) electrons. The third-order valence-corrected chi connectivity index (χ3v) is 5.11. The highest BCUT2D eigenvalue weighted by atomic mass is 16.3. The first-order chi connectivity index (χ1) is 12.1. The fourth-order valence-electron chi connectivity index (χ4n) is 3.63. The molecule has 1 aromatic rings. The second-order valence-electron chi connectivity index (χ2n) is 6.97. The molecule has 3 heterocycles. The number of hydrogen-bond acceptors (Lipinski definition) is 5. The largest absolute Gasteiger partial charge is 0.391 e. The third-order valence-electron chi connectivity index (χ3n) is 5.11. The molecule has 2 atom stereocenters. The standard InChI is InChI=1S/C18H26N4O3/c23-16-13-22(12-14(16)10-15-11-19-6-7-20-15)18(25)5-9-21-8-3-1-2-4-17(21)24/h6-7,11,14,16,23H,1-5,8-10,12-13H2/t14-,16-/m1/s1. The van der Waals surface area contributed by atoms with Crippen LogP contribution in [0.5, 0.6) is 0 Å². The van der Waals surface area contributed by atoms with Gasteiger partial charge in [-0.3, -0.25) is 19.6 Å². The first kappa shape index (κ1) is 17.8. The molecule has 2 fully saturated rings. The van der Waals surface area contributed by atoms with E-state index >= 15 is 0 Å². The van der Waals surface area contributed by atoms with Crippen molar-refractivity contribution in [3.8, 4) is 0 Å². The Morgan fingerprint density at radius 2 is 2.12 bits per heavy atom. The Balaban J connectivity index is 1.48. The maximum absolute atomic E-state index is 12.5.